The van der Waals surface area contributed by atoms with Crippen molar-refractivity contribution < 1.29 is 9.53 Å². The highest BCUT2D eigenvalue weighted by molar-refractivity contribution is 5.81. The molecule has 4 heteroatoms. The zero-order chi connectivity index (χ0) is 20.3. The minimum Gasteiger partial charge on any atom is -0.481 e. The maximum Gasteiger partial charge on any atom is 0.263 e. The van der Waals surface area contributed by atoms with Crippen molar-refractivity contribution >= 4 is 11.6 Å². The van der Waals surface area contributed by atoms with Gasteiger partial charge in [0.2, 0.25) is 0 Å². The molecule has 1 saturated heterocycles. The molecular formula is C24H32N2O2. The number of ether oxygens (including phenoxy) is 1. The van der Waals surface area contributed by atoms with Crippen LogP contribution in [0.15, 0.2) is 36.4 Å². The van der Waals surface area contributed by atoms with Crippen molar-refractivity contribution in [1.29, 1.82) is 0 Å². The fourth-order valence-corrected chi connectivity index (χ4v) is 3.71. The Bertz CT molecular complexity index is 838. The summed E-state index contributed by atoms with van der Waals surface area (Å²) in [5, 5.41) is 0. The van der Waals surface area contributed by atoms with Gasteiger partial charge < -0.3 is 14.5 Å². The van der Waals surface area contributed by atoms with Crippen LogP contribution in [-0.2, 0) is 4.79 Å². The van der Waals surface area contributed by atoms with Gasteiger partial charge in [0.15, 0.2) is 6.10 Å². The number of amides is 1. The molecule has 0 bridgehead atoms. The van der Waals surface area contributed by atoms with Gasteiger partial charge in [-0.1, -0.05) is 25.1 Å². The van der Waals surface area contributed by atoms with Crippen LogP contribution in [0.4, 0.5) is 5.69 Å². The normalized spacial score (nSPS) is 15.5. The van der Waals surface area contributed by atoms with Crippen LogP contribution in [0.25, 0.3) is 0 Å². The topological polar surface area (TPSA) is 32.8 Å². The molecule has 28 heavy (non-hydrogen) atoms. The first kappa shape index (κ1) is 20.2. The van der Waals surface area contributed by atoms with Crippen molar-refractivity contribution in [3.63, 3.8) is 0 Å². The molecule has 0 N–H and O–H groups in total. The van der Waals surface area contributed by atoms with Gasteiger partial charge in [0.1, 0.15) is 5.75 Å². The van der Waals surface area contributed by atoms with Crippen LogP contribution in [0.2, 0.25) is 0 Å². The Morgan fingerprint density at radius 3 is 2.32 bits per heavy atom. The molecule has 0 aliphatic carbocycles. The number of nitrogens with zero attached hydrogens (tertiary/aromatic N) is 2. The minimum atomic E-state index is -0.422. The number of hydrogen-bond donors (Lipinski definition) is 0. The second-order valence-corrected chi connectivity index (χ2v) is 7.79. The van der Waals surface area contributed by atoms with E-state index in [1.165, 1.54) is 27.9 Å². The van der Waals surface area contributed by atoms with Crippen LogP contribution in [0, 0.1) is 27.7 Å². The Labute approximate surface area is 169 Å². The molecule has 1 unspecified atom stereocenters. The van der Waals surface area contributed by atoms with Crippen molar-refractivity contribution in [2.24, 2.45) is 0 Å². The van der Waals surface area contributed by atoms with Crippen LogP contribution in [0.3, 0.4) is 0 Å². The van der Waals surface area contributed by atoms with Gasteiger partial charge in [-0.25, -0.2) is 0 Å². The molecule has 3 rings (SSSR count). The van der Waals surface area contributed by atoms with E-state index in [0.717, 1.165) is 31.9 Å². The van der Waals surface area contributed by atoms with Crippen LogP contribution < -0.4 is 9.64 Å². The first-order valence-corrected chi connectivity index (χ1v) is 10.2. The SMILES string of the molecule is CCC(Oc1ccc(C)c(C)c1)C(=O)N1CCN(c2cccc(C)c2C)CC1. The maximum atomic E-state index is 13.0. The lowest BCUT2D eigenvalue weighted by atomic mass is 10.1. The summed E-state index contributed by atoms with van der Waals surface area (Å²) in [6.07, 6.45) is 0.248. The lowest BCUT2D eigenvalue weighted by Crippen LogP contribution is -2.52. The molecule has 1 heterocycles. The second kappa shape index (κ2) is 8.68. The third-order valence-corrected chi connectivity index (χ3v) is 5.91. The first-order valence-electron chi connectivity index (χ1n) is 10.2. The molecule has 2 aromatic rings. The number of piperazine rings is 1. The Morgan fingerprint density at radius 2 is 1.68 bits per heavy atom. The summed E-state index contributed by atoms with van der Waals surface area (Å²) in [4.78, 5) is 17.4. The van der Waals surface area contributed by atoms with Crippen LogP contribution in [-0.4, -0.2) is 43.1 Å². The van der Waals surface area contributed by atoms with E-state index in [1.54, 1.807) is 0 Å². The van der Waals surface area contributed by atoms with E-state index in [2.05, 4.69) is 50.8 Å². The molecule has 0 saturated carbocycles. The van der Waals surface area contributed by atoms with Crippen LogP contribution in [0.1, 0.15) is 35.6 Å². The zero-order valence-corrected chi connectivity index (χ0v) is 17.8. The van der Waals surface area contributed by atoms with Crippen molar-refractivity contribution in [2.75, 3.05) is 31.1 Å². The smallest absolute Gasteiger partial charge is 0.263 e. The molecule has 1 amide bonds. The summed E-state index contributed by atoms with van der Waals surface area (Å²) in [5.74, 6) is 0.874. The number of carbonyl (C=O) groups is 1. The summed E-state index contributed by atoms with van der Waals surface area (Å²) in [7, 11) is 0. The van der Waals surface area contributed by atoms with Gasteiger partial charge in [0, 0.05) is 31.9 Å². The quantitative estimate of drug-likeness (QED) is 0.769. The summed E-state index contributed by atoms with van der Waals surface area (Å²) >= 11 is 0. The van der Waals surface area contributed by atoms with Gasteiger partial charge in [0.05, 0.1) is 0 Å². The predicted molar refractivity (Wildman–Crippen MR) is 115 cm³/mol. The molecule has 150 valence electrons. The van der Waals surface area contributed by atoms with E-state index in [9.17, 15) is 4.79 Å². The lowest BCUT2D eigenvalue weighted by Gasteiger charge is -2.38. The molecule has 0 aromatic heterocycles. The van der Waals surface area contributed by atoms with Gasteiger partial charge in [-0.05, 0) is 74.6 Å². The predicted octanol–water partition coefficient (Wildman–Crippen LogP) is 4.43. The van der Waals surface area contributed by atoms with Crippen molar-refractivity contribution in [3.8, 4) is 5.75 Å². The summed E-state index contributed by atoms with van der Waals surface area (Å²) < 4.78 is 6.06. The zero-order valence-electron chi connectivity index (χ0n) is 17.8. The maximum absolute atomic E-state index is 13.0. The van der Waals surface area contributed by atoms with Gasteiger partial charge >= 0.3 is 0 Å². The van der Waals surface area contributed by atoms with E-state index in [0.29, 0.717) is 6.42 Å². The fourth-order valence-electron chi connectivity index (χ4n) is 3.71. The molecule has 1 aliphatic rings. The number of hydrogen-bond acceptors (Lipinski definition) is 3. The molecule has 1 aliphatic heterocycles. The second-order valence-electron chi connectivity index (χ2n) is 7.79. The standard InChI is InChI=1S/C24H32N2O2/c1-6-23(28-21-11-10-17(2)19(4)16-21)24(27)26-14-12-25(13-15-26)22-9-7-8-18(3)20(22)5/h7-11,16,23H,6,12-15H2,1-5H3. The third-order valence-electron chi connectivity index (χ3n) is 5.91. The molecule has 0 radical (unpaired) electrons. The van der Waals surface area contributed by atoms with Crippen LogP contribution >= 0.6 is 0 Å². The Morgan fingerprint density at radius 1 is 0.964 bits per heavy atom. The highest BCUT2D eigenvalue weighted by Crippen LogP contribution is 2.24. The molecule has 1 atom stereocenters. The van der Waals surface area contributed by atoms with E-state index < -0.39 is 6.10 Å². The van der Waals surface area contributed by atoms with E-state index in [4.69, 9.17) is 4.74 Å². The number of anilines is 1. The molecular weight excluding hydrogens is 348 g/mol. The molecule has 4 nitrogen and oxygen atoms in total. The summed E-state index contributed by atoms with van der Waals surface area (Å²) in [5.41, 5.74) is 6.33. The Kier molecular flexibility index (Phi) is 6.28. The summed E-state index contributed by atoms with van der Waals surface area (Å²) in [6, 6.07) is 12.5. The van der Waals surface area contributed by atoms with Gasteiger partial charge in [-0.3, -0.25) is 4.79 Å². The fraction of sp³-hybridized carbons (Fsp3) is 0.458. The minimum absolute atomic E-state index is 0.0985. The van der Waals surface area contributed by atoms with Gasteiger partial charge in [-0.2, -0.15) is 0 Å². The van der Waals surface area contributed by atoms with Crippen molar-refractivity contribution in [2.45, 2.75) is 47.1 Å². The molecule has 0 spiro atoms. The van der Waals surface area contributed by atoms with E-state index >= 15 is 0 Å². The van der Waals surface area contributed by atoms with Gasteiger partial charge in [-0.15, -0.1) is 0 Å². The number of rotatable bonds is 5. The molecule has 1 fully saturated rings. The highest BCUT2D eigenvalue weighted by Gasteiger charge is 2.28. The van der Waals surface area contributed by atoms with Crippen molar-refractivity contribution in [3.05, 3.63) is 58.7 Å². The average Bonchev–Trinajstić information content (AvgIpc) is 2.70. The number of aryl methyl sites for hydroxylation is 3. The Balaban J connectivity index is 1.63. The summed E-state index contributed by atoms with van der Waals surface area (Å²) in [6.45, 7) is 13.7. The monoisotopic (exact) mass is 380 g/mol. The van der Waals surface area contributed by atoms with E-state index in [-0.39, 0.29) is 5.91 Å². The number of benzene rings is 2. The number of carbonyl (C=O) groups excluding carboxylic acids is 1. The largest absolute Gasteiger partial charge is 0.481 e. The lowest BCUT2D eigenvalue weighted by molar-refractivity contribution is -0.139. The van der Waals surface area contributed by atoms with Gasteiger partial charge in [0.25, 0.3) is 5.91 Å². The Hall–Kier alpha value is -2.49. The van der Waals surface area contributed by atoms with Crippen LogP contribution in [0.5, 0.6) is 5.75 Å². The average molecular weight is 381 g/mol. The van der Waals surface area contributed by atoms with E-state index in [1.807, 2.05) is 30.0 Å². The third kappa shape index (κ3) is 4.32. The molecule has 2 aromatic carbocycles. The van der Waals surface area contributed by atoms with Crippen molar-refractivity contribution in [1.82, 2.24) is 4.90 Å². The highest BCUT2D eigenvalue weighted by atomic mass is 16.5. The first-order chi connectivity index (χ1) is 13.4.